The van der Waals surface area contributed by atoms with Crippen molar-refractivity contribution in [2.45, 2.75) is 25.7 Å². The first-order valence-corrected chi connectivity index (χ1v) is 5.71. The van der Waals surface area contributed by atoms with Gasteiger partial charge in [-0.2, -0.15) is 4.39 Å². The molecule has 0 unspecified atom stereocenters. The van der Waals surface area contributed by atoms with Gasteiger partial charge in [-0.05, 0) is 12.5 Å². The van der Waals surface area contributed by atoms with Gasteiger partial charge in [0, 0.05) is 17.5 Å². The lowest BCUT2D eigenvalue weighted by atomic mass is 10.1. The molecular weight excluding hydrogens is 271 g/mol. The lowest BCUT2D eigenvalue weighted by Gasteiger charge is -2.11. The van der Waals surface area contributed by atoms with E-state index in [1.165, 1.54) is 0 Å². The number of esters is 1. The maximum atomic E-state index is 13.1. The molecule has 0 atom stereocenters. The molecular formula is C11H11ClF3NO2. The van der Waals surface area contributed by atoms with E-state index in [1.807, 2.05) is 0 Å². The zero-order valence-corrected chi connectivity index (χ0v) is 10.3. The van der Waals surface area contributed by atoms with E-state index in [1.54, 1.807) is 6.92 Å². The van der Waals surface area contributed by atoms with Gasteiger partial charge in [-0.1, -0.05) is 0 Å². The highest BCUT2D eigenvalue weighted by atomic mass is 35.5. The number of hydrogen-bond acceptors (Lipinski definition) is 3. The second kappa shape index (κ2) is 6.58. The Labute approximate surface area is 107 Å². The lowest BCUT2D eigenvalue weighted by molar-refractivity contribution is -0.142. The maximum absolute atomic E-state index is 13.1. The van der Waals surface area contributed by atoms with E-state index in [0.29, 0.717) is 6.07 Å². The molecule has 0 radical (unpaired) electrons. The zero-order valence-electron chi connectivity index (χ0n) is 9.55. The van der Waals surface area contributed by atoms with E-state index in [4.69, 9.17) is 11.6 Å². The summed E-state index contributed by atoms with van der Waals surface area (Å²) >= 11 is 5.55. The van der Waals surface area contributed by atoms with Crippen LogP contribution in [-0.4, -0.2) is 17.6 Å². The Hall–Kier alpha value is -1.30. The highest BCUT2D eigenvalue weighted by Gasteiger charge is 2.20. The molecule has 0 amide bonds. The monoisotopic (exact) mass is 281 g/mol. The molecule has 0 spiro atoms. The Balaban J connectivity index is 3.13. The van der Waals surface area contributed by atoms with Gasteiger partial charge in [0.15, 0.2) is 0 Å². The molecule has 0 saturated heterocycles. The molecule has 3 nitrogen and oxygen atoms in total. The molecule has 0 aliphatic rings. The van der Waals surface area contributed by atoms with Crippen molar-refractivity contribution in [1.82, 2.24) is 4.98 Å². The zero-order chi connectivity index (χ0) is 13.7. The minimum Gasteiger partial charge on any atom is -0.466 e. The summed E-state index contributed by atoms with van der Waals surface area (Å²) in [5.74, 6) is -2.01. The molecule has 0 N–H and O–H groups in total. The van der Waals surface area contributed by atoms with E-state index in [2.05, 4.69) is 9.72 Å². The van der Waals surface area contributed by atoms with E-state index < -0.39 is 23.9 Å². The summed E-state index contributed by atoms with van der Waals surface area (Å²) in [7, 11) is 0. The second-order valence-electron chi connectivity index (χ2n) is 3.38. The number of nitrogens with zero attached hydrogens (tertiary/aromatic N) is 1. The van der Waals surface area contributed by atoms with E-state index in [0.717, 1.165) is 0 Å². The highest BCUT2D eigenvalue weighted by Crippen LogP contribution is 2.27. The Morgan fingerprint density at radius 1 is 1.56 bits per heavy atom. The number of halogens is 4. The fraction of sp³-hybridized carbons (Fsp3) is 0.455. The molecule has 0 fully saturated rings. The van der Waals surface area contributed by atoms with Crippen LogP contribution in [0.3, 0.4) is 0 Å². The molecule has 18 heavy (non-hydrogen) atoms. The first-order chi connectivity index (χ1) is 8.49. The summed E-state index contributed by atoms with van der Waals surface area (Å²) in [6.07, 6.45) is -3.26. The first kappa shape index (κ1) is 14.8. The lowest BCUT2D eigenvalue weighted by Crippen LogP contribution is -2.13. The van der Waals surface area contributed by atoms with Gasteiger partial charge >= 0.3 is 5.97 Å². The predicted molar refractivity (Wildman–Crippen MR) is 59.0 cm³/mol. The minimum absolute atomic E-state index is 0.0267. The standard InChI is InChI=1S/C11H11ClF3NO2/c1-2-18-10(17)4-8-7(5-12)6(11(14)15)3-9(13)16-8/h3,11H,2,4-5H2,1H3. The first-order valence-electron chi connectivity index (χ1n) is 5.17. The average molecular weight is 282 g/mol. The van der Waals surface area contributed by atoms with Crippen molar-refractivity contribution in [3.63, 3.8) is 0 Å². The quantitative estimate of drug-likeness (QED) is 0.473. The van der Waals surface area contributed by atoms with E-state index in [9.17, 15) is 18.0 Å². The Morgan fingerprint density at radius 3 is 2.72 bits per heavy atom. The van der Waals surface area contributed by atoms with Crippen LogP contribution in [0.5, 0.6) is 0 Å². The smallest absolute Gasteiger partial charge is 0.311 e. The molecule has 1 rings (SSSR count). The van der Waals surface area contributed by atoms with Crippen molar-refractivity contribution in [2.24, 2.45) is 0 Å². The molecule has 0 saturated carbocycles. The summed E-state index contributed by atoms with van der Waals surface area (Å²) in [5, 5.41) is 0. The van der Waals surface area contributed by atoms with Crippen LogP contribution >= 0.6 is 11.6 Å². The summed E-state index contributed by atoms with van der Waals surface area (Å²) < 4.78 is 43.1. The Bertz CT molecular complexity index is 441. The van der Waals surface area contributed by atoms with Crippen molar-refractivity contribution in [1.29, 1.82) is 0 Å². The van der Waals surface area contributed by atoms with Crippen molar-refractivity contribution in [3.05, 3.63) is 28.8 Å². The number of alkyl halides is 3. The van der Waals surface area contributed by atoms with Crippen molar-refractivity contribution in [3.8, 4) is 0 Å². The van der Waals surface area contributed by atoms with Gasteiger partial charge in [-0.25, -0.2) is 13.8 Å². The summed E-state index contributed by atoms with van der Waals surface area (Å²) in [5.41, 5.74) is -0.684. The average Bonchev–Trinajstić information content (AvgIpc) is 2.28. The van der Waals surface area contributed by atoms with Gasteiger partial charge in [0.1, 0.15) is 0 Å². The van der Waals surface area contributed by atoms with Gasteiger partial charge in [0.2, 0.25) is 5.95 Å². The largest absolute Gasteiger partial charge is 0.466 e. The highest BCUT2D eigenvalue weighted by molar-refractivity contribution is 6.17. The molecule has 7 heteroatoms. The molecule has 100 valence electrons. The third kappa shape index (κ3) is 3.60. The molecule has 0 aliphatic heterocycles. The van der Waals surface area contributed by atoms with Crippen molar-refractivity contribution in [2.75, 3.05) is 6.61 Å². The maximum Gasteiger partial charge on any atom is 0.311 e. The minimum atomic E-state index is -2.88. The van der Waals surface area contributed by atoms with Gasteiger partial charge in [0.25, 0.3) is 6.43 Å². The topological polar surface area (TPSA) is 39.2 Å². The van der Waals surface area contributed by atoms with E-state index in [-0.39, 0.29) is 30.2 Å². The normalized spacial score (nSPS) is 10.8. The summed E-state index contributed by atoms with van der Waals surface area (Å²) in [4.78, 5) is 14.7. The molecule has 0 aliphatic carbocycles. The van der Waals surface area contributed by atoms with Crippen LogP contribution in [0.25, 0.3) is 0 Å². The Kier molecular flexibility index (Phi) is 5.40. The van der Waals surface area contributed by atoms with Crippen LogP contribution < -0.4 is 0 Å². The second-order valence-corrected chi connectivity index (χ2v) is 3.64. The van der Waals surface area contributed by atoms with Crippen LogP contribution in [0, 0.1) is 5.95 Å². The van der Waals surface area contributed by atoms with Crippen molar-refractivity contribution >= 4 is 17.6 Å². The summed E-state index contributed by atoms with van der Waals surface area (Å²) in [6.45, 7) is 1.75. The molecule has 1 heterocycles. The molecule has 0 aromatic carbocycles. The number of carbonyl (C=O) groups is 1. The van der Waals surface area contributed by atoms with Gasteiger partial charge in [-0.3, -0.25) is 4.79 Å². The number of hydrogen-bond donors (Lipinski definition) is 0. The number of carbonyl (C=O) groups excluding carboxylic acids is 1. The van der Waals surface area contributed by atoms with Crippen molar-refractivity contribution < 1.29 is 22.7 Å². The number of pyridine rings is 1. The van der Waals surface area contributed by atoms with Gasteiger partial charge in [0.05, 0.1) is 18.7 Å². The molecule has 1 aromatic rings. The number of ether oxygens (including phenoxy) is 1. The Morgan fingerprint density at radius 2 is 2.22 bits per heavy atom. The van der Waals surface area contributed by atoms with Gasteiger partial charge < -0.3 is 4.74 Å². The molecule has 1 aromatic heterocycles. The van der Waals surface area contributed by atoms with Crippen LogP contribution in [0.4, 0.5) is 13.2 Å². The SMILES string of the molecule is CCOC(=O)Cc1nc(F)cc(C(F)F)c1CCl. The third-order valence-corrected chi connectivity index (χ3v) is 2.47. The fourth-order valence-electron chi connectivity index (χ4n) is 1.45. The number of aromatic nitrogens is 1. The van der Waals surface area contributed by atoms with Crippen LogP contribution in [0.2, 0.25) is 0 Å². The van der Waals surface area contributed by atoms with Crippen LogP contribution in [-0.2, 0) is 21.8 Å². The van der Waals surface area contributed by atoms with Crippen LogP contribution in [0.15, 0.2) is 6.07 Å². The van der Waals surface area contributed by atoms with Crippen LogP contribution in [0.1, 0.15) is 30.2 Å². The van der Waals surface area contributed by atoms with Gasteiger partial charge in [-0.15, -0.1) is 11.6 Å². The number of rotatable bonds is 5. The fourth-order valence-corrected chi connectivity index (χ4v) is 1.76. The van der Waals surface area contributed by atoms with E-state index >= 15 is 0 Å². The third-order valence-electron chi connectivity index (χ3n) is 2.20. The summed E-state index contributed by atoms with van der Waals surface area (Å²) in [6, 6.07) is 0.622. The predicted octanol–water partition coefficient (Wildman–Crippen LogP) is 3.00. The molecule has 0 bridgehead atoms.